The van der Waals surface area contributed by atoms with E-state index in [2.05, 4.69) is 5.32 Å². The Hall–Kier alpha value is -2.09. The van der Waals surface area contributed by atoms with Crippen molar-refractivity contribution in [2.24, 2.45) is 0 Å². The lowest BCUT2D eigenvalue weighted by Gasteiger charge is -2.19. The molecule has 0 aliphatic rings. The molecule has 6 nitrogen and oxygen atoms in total. The Morgan fingerprint density at radius 2 is 1.73 bits per heavy atom. The van der Waals surface area contributed by atoms with E-state index in [4.69, 9.17) is 16.3 Å². The summed E-state index contributed by atoms with van der Waals surface area (Å²) in [6.45, 7) is 4.26. The minimum absolute atomic E-state index is 0.0911. The van der Waals surface area contributed by atoms with Crippen LogP contribution in [-0.2, 0) is 10.0 Å². The van der Waals surface area contributed by atoms with Crippen molar-refractivity contribution in [2.75, 3.05) is 25.5 Å². The number of ether oxygens (including phenoxy) is 1. The Morgan fingerprint density at radius 1 is 1.12 bits per heavy atom. The number of sulfonamides is 1. The highest BCUT2D eigenvalue weighted by Gasteiger charge is 2.23. The zero-order valence-corrected chi connectivity index (χ0v) is 16.4. The van der Waals surface area contributed by atoms with Crippen LogP contribution in [0.4, 0.5) is 5.69 Å². The Balaban J connectivity index is 2.38. The van der Waals surface area contributed by atoms with Gasteiger partial charge in [0.15, 0.2) is 0 Å². The first-order chi connectivity index (χ1) is 12.3. The Bertz CT molecular complexity index is 879. The lowest BCUT2D eigenvalue weighted by atomic mass is 10.2. The number of hydrogen-bond donors (Lipinski definition) is 1. The molecule has 140 valence electrons. The van der Waals surface area contributed by atoms with Gasteiger partial charge in [0.05, 0.1) is 17.7 Å². The van der Waals surface area contributed by atoms with Crippen LogP contribution in [-0.4, -0.2) is 38.8 Å². The molecule has 0 saturated carbocycles. The van der Waals surface area contributed by atoms with E-state index >= 15 is 0 Å². The molecule has 0 bridgehead atoms. The molecule has 0 aromatic heterocycles. The van der Waals surface area contributed by atoms with E-state index in [1.807, 2.05) is 0 Å². The molecule has 1 amide bonds. The number of amides is 1. The third-order valence-corrected chi connectivity index (χ3v) is 6.17. The number of carbonyl (C=O) groups excluding carboxylic acids is 1. The topological polar surface area (TPSA) is 75.7 Å². The van der Waals surface area contributed by atoms with Crippen LogP contribution in [0.3, 0.4) is 0 Å². The molecule has 2 aromatic rings. The highest BCUT2D eigenvalue weighted by Crippen LogP contribution is 2.29. The van der Waals surface area contributed by atoms with Gasteiger partial charge in [-0.2, -0.15) is 4.31 Å². The highest BCUT2D eigenvalue weighted by molar-refractivity contribution is 7.89. The summed E-state index contributed by atoms with van der Waals surface area (Å²) in [6.07, 6.45) is 0. The number of rotatable bonds is 7. The third kappa shape index (κ3) is 4.35. The van der Waals surface area contributed by atoms with Gasteiger partial charge in [-0.15, -0.1) is 0 Å². The van der Waals surface area contributed by atoms with E-state index in [1.54, 1.807) is 38.1 Å². The van der Waals surface area contributed by atoms with E-state index in [1.165, 1.54) is 29.6 Å². The van der Waals surface area contributed by atoms with E-state index < -0.39 is 15.9 Å². The minimum Gasteiger partial charge on any atom is -0.495 e. The SMILES string of the molecule is CCN(CC)S(=O)(=O)c1ccc(OC)c(NC(=O)c2ccc(Cl)cc2)c1. The lowest BCUT2D eigenvalue weighted by molar-refractivity contribution is 0.102. The van der Waals surface area contributed by atoms with Crippen molar-refractivity contribution in [2.45, 2.75) is 18.7 Å². The van der Waals surface area contributed by atoms with Gasteiger partial charge in [0, 0.05) is 23.7 Å². The molecular formula is C18H21ClN2O4S. The maximum absolute atomic E-state index is 12.7. The van der Waals surface area contributed by atoms with Crippen LogP contribution in [0.2, 0.25) is 5.02 Å². The summed E-state index contributed by atoms with van der Waals surface area (Å²) in [4.78, 5) is 12.5. The maximum Gasteiger partial charge on any atom is 0.255 e. The molecule has 8 heteroatoms. The normalized spacial score (nSPS) is 11.4. The first kappa shape index (κ1) is 20.2. The van der Waals surface area contributed by atoms with E-state index in [-0.39, 0.29) is 10.6 Å². The number of nitrogens with zero attached hydrogens (tertiary/aromatic N) is 1. The molecule has 0 atom stereocenters. The van der Waals surface area contributed by atoms with Gasteiger partial charge >= 0.3 is 0 Å². The van der Waals surface area contributed by atoms with Gasteiger partial charge in [0.1, 0.15) is 5.75 Å². The van der Waals surface area contributed by atoms with Gasteiger partial charge < -0.3 is 10.1 Å². The van der Waals surface area contributed by atoms with Crippen molar-refractivity contribution in [1.29, 1.82) is 0 Å². The molecule has 0 unspecified atom stereocenters. The summed E-state index contributed by atoms with van der Waals surface area (Å²) >= 11 is 5.83. The second-order valence-corrected chi connectivity index (χ2v) is 7.79. The summed E-state index contributed by atoms with van der Waals surface area (Å²) < 4.78 is 32.0. The number of nitrogens with one attached hydrogen (secondary N) is 1. The number of hydrogen-bond acceptors (Lipinski definition) is 4. The average Bonchev–Trinajstić information content (AvgIpc) is 2.63. The van der Waals surface area contributed by atoms with Crippen molar-refractivity contribution in [3.8, 4) is 5.75 Å². The van der Waals surface area contributed by atoms with Crippen molar-refractivity contribution in [3.05, 3.63) is 53.1 Å². The standard InChI is InChI=1S/C18H21ClN2O4S/c1-4-21(5-2)26(23,24)15-10-11-17(25-3)16(12-15)20-18(22)13-6-8-14(19)9-7-13/h6-12H,4-5H2,1-3H3,(H,20,22). The first-order valence-corrected chi connectivity index (χ1v) is 9.90. The van der Waals surface area contributed by atoms with Crippen LogP contribution in [0.25, 0.3) is 0 Å². The van der Waals surface area contributed by atoms with E-state index in [0.29, 0.717) is 29.4 Å². The number of methoxy groups -OCH3 is 1. The molecule has 0 heterocycles. The van der Waals surface area contributed by atoms with Crippen molar-refractivity contribution in [1.82, 2.24) is 4.31 Å². The van der Waals surface area contributed by atoms with Crippen LogP contribution in [0, 0.1) is 0 Å². The number of anilines is 1. The fourth-order valence-electron chi connectivity index (χ4n) is 2.45. The van der Waals surface area contributed by atoms with Gasteiger partial charge in [0.2, 0.25) is 10.0 Å². The van der Waals surface area contributed by atoms with Gasteiger partial charge in [-0.05, 0) is 42.5 Å². The summed E-state index contributed by atoms with van der Waals surface area (Å²) in [6, 6.07) is 10.8. The highest BCUT2D eigenvalue weighted by atomic mass is 35.5. The predicted octanol–water partition coefficient (Wildman–Crippen LogP) is 3.63. The molecule has 2 aromatic carbocycles. The van der Waals surface area contributed by atoms with Gasteiger partial charge in [-0.25, -0.2) is 8.42 Å². The molecule has 0 aliphatic heterocycles. The Kier molecular flexibility index (Phi) is 6.63. The molecule has 1 N–H and O–H groups in total. The zero-order valence-electron chi connectivity index (χ0n) is 14.8. The second-order valence-electron chi connectivity index (χ2n) is 5.41. The monoisotopic (exact) mass is 396 g/mol. The summed E-state index contributed by atoms with van der Waals surface area (Å²) in [5.74, 6) is -0.0248. The number of benzene rings is 2. The number of halogens is 1. The summed E-state index contributed by atoms with van der Waals surface area (Å²) in [5, 5.41) is 3.21. The fourth-order valence-corrected chi connectivity index (χ4v) is 4.06. The minimum atomic E-state index is -3.65. The lowest BCUT2D eigenvalue weighted by Crippen LogP contribution is -2.30. The summed E-state index contributed by atoms with van der Waals surface area (Å²) in [7, 11) is -2.20. The molecule has 2 rings (SSSR count). The fraction of sp³-hybridized carbons (Fsp3) is 0.278. The van der Waals surface area contributed by atoms with Crippen LogP contribution in [0.5, 0.6) is 5.75 Å². The summed E-state index contributed by atoms with van der Waals surface area (Å²) in [5.41, 5.74) is 0.675. The average molecular weight is 397 g/mol. The van der Waals surface area contributed by atoms with E-state index in [9.17, 15) is 13.2 Å². The van der Waals surface area contributed by atoms with Crippen molar-refractivity contribution < 1.29 is 17.9 Å². The largest absolute Gasteiger partial charge is 0.495 e. The smallest absolute Gasteiger partial charge is 0.255 e. The molecule has 0 radical (unpaired) electrons. The predicted molar refractivity (Wildman–Crippen MR) is 103 cm³/mol. The molecule has 0 saturated heterocycles. The first-order valence-electron chi connectivity index (χ1n) is 8.08. The van der Waals surface area contributed by atoms with Crippen molar-refractivity contribution in [3.63, 3.8) is 0 Å². The number of carbonyl (C=O) groups is 1. The molecule has 0 spiro atoms. The van der Waals surface area contributed by atoms with Crippen LogP contribution < -0.4 is 10.1 Å². The Labute approximate surface area is 158 Å². The van der Waals surface area contributed by atoms with Gasteiger partial charge in [-0.1, -0.05) is 25.4 Å². The van der Waals surface area contributed by atoms with Gasteiger partial charge in [-0.3, -0.25) is 4.79 Å². The maximum atomic E-state index is 12.7. The van der Waals surface area contributed by atoms with E-state index in [0.717, 1.165) is 0 Å². The third-order valence-electron chi connectivity index (χ3n) is 3.87. The molecule has 26 heavy (non-hydrogen) atoms. The van der Waals surface area contributed by atoms with Crippen LogP contribution >= 0.6 is 11.6 Å². The van der Waals surface area contributed by atoms with Crippen LogP contribution in [0.1, 0.15) is 24.2 Å². The quantitative estimate of drug-likeness (QED) is 0.775. The zero-order chi connectivity index (χ0) is 19.3. The second kappa shape index (κ2) is 8.53. The molecule has 0 aliphatic carbocycles. The molecule has 0 fully saturated rings. The Morgan fingerprint density at radius 3 is 2.27 bits per heavy atom. The van der Waals surface area contributed by atoms with Crippen molar-refractivity contribution >= 4 is 33.2 Å². The molecular weight excluding hydrogens is 376 g/mol. The van der Waals surface area contributed by atoms with Crippen LogP contribution in [0.15, 0.2) is 47.4 Å². The van der Waals surface area contributed by atoms with Gasteiger partial charge in [0.25, 0.3) is 5.91 Å².